The Morgan fingerprint density at radius 3 is 2.65 bits per heavy atom. The number of halogens is 1. The highest BCUT2D eigenvalue weighted by Gasteiger charge is 2.20. The monoisotopic (exact) mass is 299 g/mol. The van der Waals surface area contributed by atoms with Crippen molar-refractivity contribution in [3.63, 3.8) is 0 Å². The Kier molecular flexibility index (Phi) is 3.45. The molecule has 20 heavy (non-hydrogen) atoms. The minimum Gasteiger partial charge on any atom is -0.478 e. The molecule has 0 bridgehead atoms. The van der Waals surface area contributed by atoms with E-state index in [0.717, 1.165) is 24.4 Å². The summed E-state index contributed by atoms with van der Waals surface area (Å²) < 4.78 is 39.7. The average molecular weight is 299 g/mol. The molecular weight excluding hydrogens is 289 g/mol. The smallest absolute Gasteiger partial charge is 0.335 e. The van der Waals surface area contributed by atoms with E-state index in [1.165, 1.54) is 6.92 Å². The number of nitrogens with one attached hydrogen (secondary N) is 2. The Balaban J connectivity index is 2.36. The van der Waals surface area contributed by atoms with Crippen LogP contribution in [0.15, 0.2) is 29.3 Å². The molecule has 1 aromatic heterocycles. The molecule has 1 heterocycles. The number of hydrogen-bond donors (Lipinski definition) is 3. The van der Waals surface area contributed by atoms with Crippen LogP contribution in [0.1, 0.15) is 16.1 Å². The van der Waals surface area contributed by atoms with Crippen LogP contribution in [0.4, 0.5) is 10.1 Å². The maximum absolute atomic E-state index is 13.7. The zero-order chi connectivity index (χ0) is 14.9. The van der Waals surface area contributed by atoms with Crippen LogP contribution < -0.4 is 4.72 Å². The van der Waals surface area contributed by atoms with Crippen molar-refractivity contribution in [1.82, 2.24) is 10.2 Å². The number of aromatic amines is 1. The maximum Gasteiger partial charge on any atom is 0.335 e. The third kappa shape index (κ3) is 2.62. The predicted molar refractivity (Wildman–Crippen MR) is 67.5 cm³/mol. The van der Waals surface area contributed by atoms with Gasteiger partial charge in [-0.05, 0) is 25.1 Å². The molecule has 0 saturated heterocycles. The van der Waals surface area contributed by atoms with Gasteiger partial charge in [-0.25, -0.2) is 17.6 Å². The summed E-state index contributed by atoms with van der Waals surface area (Å²) in [5, 5.41) is 14.7. The van der Waals surface area contributed by atoms with Gasteiger partial charge in [-0.3, -0.25) is 9.82 Å². The van der Waals surface area contributed by atoms with Gasteiger partial charge in [0.05, 0.1) is 23.1 Å². The molecule has 106 valence electrons. The normalized spacial score (nSPS) is 11.3. The lowest BCUT2D eigenvalue weighted by molar-refractivity contribution is 0.0696. The largest absolute Gasteiger partial charge is 0.478 e. The highest BCUT2D eigenvalue weighted by atomic mass is 32.2. The number of anilines is 1. The summed E-state index contributed by atoms with van der Waals surface area (Å²) in [6.45, 7) is 1.51. The van der Waals surface area contributed by atoms with Crippen molar-refractivity contribution in [3.05, 3.63) is 41.5 Å². The van der Waals surface area contributed by atoms with E-state index in [-0.39, 0.29) is 16.1 Å². The third-order valence-corrected chi connectivity index (χ3v) is 4.01. The number of aryl methyl sites for hydroxylation is 1. The van der Waals surface area contributed by atoms with E-state index in [2.05, 4.69) is 10.2 Å². The second kappa shape index (κ2) is 4.93. The van der Waals surface area contributed by atoms with Crippen molar-refractivity contribution in [2.24, 2.45) is 0 Å². The molecular formula is C11H10FN3O4S. The fraction of sp³-hybridized carbons (Fsp3) is 0.0909. The summed E-state index contributed by atoms with van der Waals surface area (Å²) in [5.74, 6) is -2.28. The number of benzene rings is 1. The lowest BCUT2D eigenvalue weighted by Crippen LogP contribution is -2.14. The Morgan fingerprint density at radius 1 is 1.45 bits per heavy atom. The summed E-state index contributed by atoms with van der Waals surface area (Å²) in [5.41, 5.74) is -0.305. The van der Waals surface area contributed by atoms with Crippen LogP contribution in [-0.2, 0) is 10.0 Å². The van der Waals surface area contributed by atoms with Crippen molar-refractivity contribution in [2.45, 2.75) is 11.8 Å². The van der Waals surface area contributed by atoms with Gasteiger partial charge < -0.3 is 5.11 Å². The van der Waals surface area contributed by atoms with Crippen LogP contribution >= 0.6 is 0 Å². The lowest BCUT2D eigenvalue weighted by Gasteiger charge is -2.08. The van der Waals surface area contributed by atoms with Gasteiger partial charge in [0.1, 0.15) is 10.7 Å². The van der Waals surface area contributed by atoms with Gasteiger partial charge >= 0.3 is 5.97 Å². The first kappa shape index (κ1) is 14.0. The fourth-order valence-electron chi connectivity index (χ4n) is 1.54. The third-order valence-electron chi connectivity index (χ3n) is 2.53. The molecule has 0 spiro atoms. The molecule has 0 aliphatic rings. The zero-order valence-corrected chi connectivity index (χ0v) is 11.0. The van der Waals surface area contributed by atoms with Gasteiger partial charge in [0.15, 0.2) is 0 Å². The Hall–Kier alpha value is -2.42. The van der Waals surface area contributed by atoms with Crippen LogP contribution in [0.3, 0.4) is 0 Å². The number of rotatable bonds is 4. The van der Waals surface area contributed by atoms with E-state index in [4.69, 9.17) is 5.11 Å². The van der Waals surface area contributed by atoms with Crippen LogP contribution in [0.25, 0.3) is 0 Å². The number of aromatic nitrogens is 2. The molecule has 0 unspecified atom stereocenters. The van der Waals surface area contributed by atoms with Gasteiger partial charge in [0, 0.05) is 0 Å². The van der Waals surface area contributed by atoms with Crippen LogP contribution in [0.2, 0.25) is 0 Å². The first-order valence-electron chi connectivity index (χ1n) is 5.37. The van der Waals surface area contributed by atoms with Gasteiger partial charge in [-0.1, -0.05) is 0 Å². The number of carboxylic acid groups (broad SMARTS) is 1. The highest BCUT2D eigenvalue weighted by Crippen LogP contribution is 2.21. The van der Waals surface area contributed by atoms with Crippen LogP contribution in [-0.4, -0.2) is 29.7 Å². The average Bonchev–Trinajstić information content (AvgIpc) is 2.78. The Labute approximate surface area is 113 Å². The fourth-order valence-corrected chi connectivity index (χ4v) is 2.75. The van der Waals surface area contributed by atoms with E-state index < -0.39 is 21.8 Å². The molecule has 0 atom stereocenters. The number of hydrogen-bond acceptors (Lipinski definition) is 4. The summed E-state index contributed by atoms with van der Waals surface area (Å²) in [6, 6.07) is 2.89. The minimum absolute atomic E-state index is 0.112. The molecule has 0 radical (unpaired) electrons. The van der Waals surface area contributed by atoms with Gasteiger partial charge in [-0.15, -0.1) is 0 Å². The summed E-state index contributed by atoms with van der Waals surface area (Å²) in [6.07, 6.45) is 1.10. The molecule has 0 aliphatic heterocycles. The molecule has 0 fully saturated rings. The van der Waals surface area contributed by atoms with E-state index in [1.54, 1.807) is 0 Å². The van der Waals surface area contributed by atoms with Crippen molar-refractivity contribution in [1.29, 1.82) is 0 Å². The molecule has 7 nitrogen and oxygen atoms in total. The standard InChI is InChI=1S/C11H10FN3O4S/c1-6-10(5-13-14-6)20(18,19)15-9-3-2-7(11(16)17)4-8(9)12/h2-5,15H,1H3,(H,13,14)(H,16,17). The quantitative estimate of drug-likeness (QED) is 0.789. The van der Waals surface area contributed by atoms with Crippen molar-refractivity contribution in [3.8, 4) is 0 Å². The minimum atomic E-state index is -3.99. The van der Waals surface area contributed by atoms with Gasteiger partial charge in [-0.2, -0.15) is 5.10 Å². The molecule has 2 rings (SSSR count). The first-order chi connectivity index (χ1) is 9.31. The molecule has 0 aliphatic carbocycles. The molecule has 0 saturated carbocycles. The summed E-state index contributed by atoms with van der Waals surface area (Å²) in [4.78, 5) is 10.6. The molecule has 2 aromatic rings. The predicted octanol–water partition coefficient (Wildman–Crippen LogP) is 1.36. The maximum atomic E-state index is 13.7. The number of carboxylic acids is 1. The van der Waals surface area contributed by atoms with Crippen LogP contribution in [0, 0.1) is 12.7 Å². The van der Waals surface area contributed by atoms with E-state index in [9.17, 15) is 17.6 Å². The molecule has 1 aromatic carbocycles. The van der Waals surface area contributed by atoms with E-state index >= 15 is 0 Å². The second-order valence-corrected chi connectivity index (χ2v) is 5.62. The van der Waals surface area contributed by atoms with E-state index in [0.29, 0.717) is 5.69 Å². The summed E-state index contributed by atoms with van der Waals surface area (Å²) >= 11 is 0. The Morgan fingerprint density at radius 2 is 2.15 bits per heavy atom. The lowest BCUT2D eigenvalue weighted by atomic mass is 10.2. The Bertz CT molecular complexity index is 770. The zero-order valence-electron chi connectivity index (χ0n) is 10.2. The van der Waals surface area contributed by atoms with Gasteiger partial charge in [0.25, 0.3) is 10.0 Å². The SMILES string of the molecule is Cc1[nH]ncc1S(=O)(=O)Nc1ccc(C(=O)O)cc1F. The van der Waals surface area contributed by atoms with Gasteiger partial charge in [0.2, 0.25) is 0 Å². The molecule has 0 amide bonds. The molecule has 3 N–H and O–H groups in total. The number of sulfonamides is 1. The summed E-state index contributed by atoms with van der Waals surface area (Å²) in [7, 11) is -3.99. The van der Waals surface area contributed by atoms with Crippen molar-refractivity contribution >= 4 is 21.7 Å². The number of carbonyl (C=O) groups is 1. The number of aromatic carboxylic acids is 1. The van der Waals surface area contributed by atoms with Crippen molar-refractivity contribution in [2.75, 3.05) is 4.72 Å². The topological polar surface area (TPSA) is 112 Å². The van der Waals surface area contributed by atoms with Crippen molar-refractivity contribution < 1.29 is 22.7 Å². The highest BCUT2D eigenvalue weighted by molar-refractivity contribution is 7.92. The second-order valence-electron chi connectivity index (χ2n) is 3.96. The number of nitrogens with zero attached hydrogens (tertiary/aromatic N) is 1. The first-order valence-corrected chi connectivity index (χ1v) is 6.85. The number of H-pyrrole nitrogens is 1. The van der Waals surface area contributed by atoms with Crippen LogP contribution in [0.5, 0.6) is 0 Å². The van der Waals surface area contributed by atoms with E-state index in [1.807, 2.05) is 4.72 Å². The molecule has 9 heteroatoms.